The smallest absolute Gasteiger partial charge is 0.108 e. The number of anilines is 1. The van der Waals surface area contributed by atoms with Gasteiger partial charge in [0.1, 0.15) is 22.6 Å². The summed E-state index contributed by atoms with van der Waals surface area (Å²) in [7, 11) is 0. The largest absolute Gasteiger partial charge is 0.466 e. The van der Waals surface area contributed by atoms with Gasteiger partial charge in [-0.15, -0.1) is 11.3 Å². The topological polar surface area (TPSA) is 63.0 Å². The van der Waals surface area contributed by atoms with Crippen molar-refractivity contribution in [2.75, 3.05) is 5.73 Å². The summed E-state index contributed by atoms with van der Waals surface area (Å²) in [6.45, 7) is 3.73. The van der Waals surface area contributed by atoms with Crippen molar-refractivity contribution in [1.82, 2.24) is 0 Å². The number of furan rings is 1. The van der Waals surface area contributed by atoms with E-state index in [1.807, 2.05) is 19.9 Å². The van der Waals surface area contributed by atoms with Crippen molar-refractivity contribution in [3.8, 4) is 17.2 Å². The summed E-state index contributed by atoms with van der Waals surface area (Å²) >= 11 is 6.39. The van der Waals surface area contributed by atoms with Gasteiger partial charge in [0.2, 0.25) is 0 Å². The Balaban J connectivity index is 2.80. The van der Waals surface area contributed by atoms with E-state index in [4.69, 9.17) is 27.6 Å². The number of nitriles is 1. The fraction of sp³-hybridized carbons (Fsp3) is 0.167. The molecule has 2 aromatic rings. The average Bonchev–Trinajstić information content (AvgIpc) is 2.56. The molecular weight excluding hydrogens is 252 g/mol. The van der Waals surface area contributed by atoms with Gasteiger partial charge in [0, 0.05) is 11.1 Å². The highest BCUT2D eigenvalue weighted by molar-refractivity contribution is 7.73. The summed E-state index contributed by atoms with van der Waals surface area (Å²) in [5, 5.41) is 9.61. The van der Waals surface area contributed by atoms with E-state index in [1.54, 1.807) is 6.07 Å². The summed E-state index contributed by atoms with van der Waals surface area (Å²) < 4.78 is 6.13. The fourth-order valence-electron chi connectivity index (χ4n) is 1.74. The van der Waals surface area contributed by atoms with Gasteiger partial charge in [-0.2, -0.15) is 5.26 Å². The first-order valence-corrected chi connectivity index (χ1v) is 6.16. The van der Waals surface area contributed by atoms with Crippen LogP contribution in [-0.2, 0) is 0 Å². The molecular formula is C12H10N2OS2. The third kappa shape index (κ3) is 2.09. The van der Waals surface area contributed by atoms with Crippen molar-refractivity contribution in [3.63, 3.8) is 0 Å². The highest BCUT2D eigenvalue weighted by Gasteiger charge is 2.14. The molecule has 0 unspecified atom stereocenters. The predicted octanol–water partition coefficient (Wildman–Crippen LogP) is 3.81. The van der Waals surface area contributed by atoms with Crippen LogP contribution in [0.1, 0.15) is 17.1 Å². The molecule has 0 aliphatic rings. The van der Waals surface area contributed by atoms with E-state index in [2.05, 4.69) is 6.07 Å². The minimum atomic E-state index is 0.452. The zero-order chi connectivity index (χ0) is 12.6. The Kier molecular flexibility index (Phi) is 3.01. The SMILES string of the molecule is Cc1cc(-c2cc(=S)sc(N)c2C#N)c(C)o1. The normalized spacial score (nSPS) is 10.2. The van der Waals surface area contributed by atoms with Crippen LogP contribution in [0.3, 0.4) is 0 Å². The predicted molar refractivity (Wildman–Crippen MR) is 71.5 cm³/mol. The molecule has 0 fully saturated rings. The average molecular weight is 262 g/mol. The van der Waals surface area contributed by atoms with Gasteiger partial charge in [0.05, 0.1) is 9.39 Å². The molecule has 0 spiro atoms. The molecule has 17 heavy (non-hydrogen) atoms. The van der Waals surface area contributed by atoms with Crippen molar-refractivity contribution in [1.29, 1.82) is 5.26 Å². The lowest BCUT2D eigenvalue weighted by Crippen LogP contribution is -1.91. The minimum Gasteiger partial charge on any atom is -0.466 e. The maximum absolute atomic E-state index is 9.16. The lowest BCUT2D eigenvalue weighted by atomic mass is 10.0. The zero-order valence-corrected chi connectivity index (χ0v) is 11.0. The van der Waals surface area contributed by atoms with Gasteiger partial charge in [-0.05, 0) is 26.0 Å². The summed E-state index contributed by atoms with van der Waals surface area (Å²) in [5.74, 6) is 1.57. The van der Waals surface area contributed by atoms with Gasteiger partial charge in [-0.25, -0.2) is 0 Å². The number of nitrogens with two attached hydrogens (primary N) is 1. The Hall–Kier alpha value is -1.64. The molecule has 0 saturated heterocycles. The van der Waals surface area contributed by atoms with Gasteiger partial charge in [-0.1, -0.05) is 12.2 Å². The minimum absolute atomic E-state index is 0.452. The molecule has 0 atom stereocenters. The number of hydrogen-bond acceptors (Lipinski definition) is 5. The summed E-state index contributed by atoms with van der Waals surface area (Å²) in [6, 6.07) is 5.81. The Bertz CT molecular complexity index is 677. The molecule has 2 rings (SSSR count). The summed E-state index contributed by atoms with van der Waals surface area (Å²) in [4.78, 5) is 0. The number of hydrogen-bond donors (Lipinski definition) is 1. The van der Waals surface area contributed by atoms with Crippen LogP contribution < -0.4 is 5.73 Å². The third-order valence-electron chi connectivity index (χ3n) is 2.43. The highest BCUT2D eigenvalue weighted by Crippen LogP contribution is 2.34. The second-order valence-electron chi connectivity index (χ2n) is 3.66. The molecule has 0 aliphatic heterocycles. The van der Waals surface area contributed by atoms with Crippen molar-refractivity contribution >= 4 is 28.6 Å². The van der Waals surface area contributed by atoms with Crippen LogP contribution in [0.4, 0.5) is 5.00 Å². The van der Waals surface area contributed by atoms with Gasteiger partial charge >= 0.3 is 0 Å². The molecule has 2 heterocycles. The van der Waals surface area contributed by atoms with Crippen molar-refractivity contribution in [3.05, 3.63) is 33.0 Å². The van der Waals surface area contributed by atoms with E-state index >= 15 is 0 Å². The Morgan fingerprint density at radius 1 is 1.35 bits per heavy atom. The van der Waals surface area contributed by atoms with Crippen LogP contribution in [-0.4, -0.2) is 0 Å². The van der Waals surface area contributed by atoms with Crippen molar-refractivity contribution < 1.29 is 4.42 Å². The third-order valence-corrected chi connectivity index (χ3v) is 3.54. The summed E-state index contributed by atoms with van der Waals surface area (Å²) in [6.07, 6.45) is 0. The van der Waals surface area contributed by atoms with Crippen LogP contribution in [0.15, 0.2) is 16.5 Å². The lowest BCUT2D eigenvalue weighted by Gasteiger charge is -2.04. The van der Waals surface area contributed by atoms with Crippen molar-refractivity contribution in [2.45, 2.75) is 13.8 Å². The molecule has 86 valence electrons. The molecule has 0 amide bonds. The van der Waals surface area contributed by atoms with E-state index in [0.717, 1.165) is 22.6 Å². The number of nitrogen functional groups attached to an aromatic ring is 1. The quantitative estimate of drug-likeness (QED) is 0.794. The van der Waals surface area contributed by atoms with Gasteiger partial charge in [0.25, 0.3) is 0 Å². The van der Waals surface area contributed by atoms with E-state index in [9.17, 15) is 0 Å². The number of aryl methyl sites for hydroxylation is 2. The van der Waals surface area contributed by atoms with Gasteiger partial charge < -0.3 is 10.2 Å². The van der Waals surface area contributed by atoms with Crippen LogP contribution >= 0.6 is 23.6 Å². The molecule has 2 aromatic heterocycles. The second-order valence-corrected chi connectivity index (χ2v) is 5.44. The van der Waals surface area contributed by atoms with E-state index in [0.29, 0.717) is 14.4 Å². The first-order valence-electron chi connectivity index (χ1n) is 4.94. The molecule has 5 heteroatoms. The van der Waals surface area contributed by atoms with Crippen molar-refractivity contribution in [2.24, 2.45) is 0 Å². The van der Waals surface area contributed by atoms with Crippen LogP contribution in [0, 0.1) is 29.0 Å². The van der Waals surface area contributed by atoms with E-state index < -0.39 is 0 Å². The van der Waals surface area contributed by atoms with Crippen LogP contribution in [0.2, 0.25) is 0 Å². The standard InChI is InChI=1S/C12H10N2OS2/c1-6-3-8(7(2)15-6)9-4-11(16)17-12(14)10(9)5-13/h3-4H,14H2,1-2H3. The number of rotatable bonds is 1. The Morgan fingerprint density at radius 3 is 2.59 bits per heavy atom. The molecule has 0 radical (unpaired) electrons. The summed E-state index contributed by atoms with van der Waals surface area (Å²) in [5.41, 5.74) is 7.92. The Labute approximate surface area is 108 Å². The van der Waals surface area contributed by atoms with Gasteiger partial charge in [-0.3, -0.25) is 0 Å². The van der Waals surface area contributed by atoms with Crippen LogP contribution in [0.5, 0.6) is 0 Å². The lowest BCUT2D eigenvalue weighted by molar-refractivity contribution is 0.505. The molecule has 0 saturated carbocycles. The molecule has 0 bridgehead atoms. The first kappa shape index (κ1) is 11.8. The number of nitrogens with zero attached hydrogens (tertiary/aromatic N) is 1. The van der Waals surface area contributed by atoms with E-state index in [1.165, 1.54) is 11.3 Å². The fourth-order valence-corrected chi connectivity index (χ4v) is 2.78. The molecule has 3 nitrogen and oxygen atoms in total. The highest BCUT2D eigenvalue weighted by atomic mass is 32.1. The molecule has 0 aromatic carbocycles. The maximum Gasteiger partial charge on any atom is 0.108 e. The maximum atomic E-state index is 9.16. The van der Waals surface area contributed by atoms with Crippen LogP contribution in [0.25, 0.3) is 11.1 Å². The Morgan fingerprint density at radius 2 is 2.06 bits per heavy atom. The second kappa shape index (κ2) is 4.32. The monoisotopic (exact) mass is 262 g/mol. The molecule has 2 N–H and O–H groups in total. The van der Waals surface area contributed by atoms with Gasteiger partial charge in [0.15, 0.2) is 0 Å². The zero-order valence-electron chi connectivity index (χ0n) is 9.40. The first-order chi connectivity index (χ1) is 8.02. The van der Waals surface area contributed by atoms with E-state index in [-0.39, 0.29) is 0 Å². The molecule has 0 aliphatic carbocycles.